The van der Waals surface area contributed by atoms with Crippen LogP contribution in [0.1, 0.15) is 18.4 Å². The summed E-state index contributed by atoms with van der Waals surface area (Å²) >= 11 is 0. The van der Waals surface area contributed by atoms with E-state index in [9.17, 15) is 9.59 Å². The second kappa shape index (κ2) is 8.90. The smallest absolute Gasteiger partial charge is 0.306 e. The third-order valence-corrected chi connectivity index (χ3v) is 2.17. The molecule has 18 heavy (non-hydrogen) atoms. The Bertz CT molecular complexity index is 434. The molecule has 1 rings (SSSR count). The minimum atomic E-state index is -0.284. The maximum atomic E-state index is 11.2. The zero-order valence-electron chi connectivity index (χ0n) is 10.0. The molecule has 0 fully saturated rings. The Kier molecular flexibility index (Phi) is 6.86. The summed E-state index contributed by atoms with van der Waals surface area (Å²) in [5.74, 6) is -0.284. The fraction of sp³-hybridized carbons (Fsp3) is 0.286. The van der Waals surface area contributed by atoms with E-state index in [1.54, 1.807) is 6.08 Å². The van der Waals surface area contributed by atoms with Crippen LogP contribution in [-0.4, -0.2) is 25.2 Å². The Morgan fingerprint density at radius 2 is 2.11 bits per heavy atom. The average molecular weight is 245 g/mol. The van der Waals surface area contributed by atoms with Crippen molar-refractivity contribution >= 4 is 18.1 Å². The van der Waals surface area contributed by atoms with Crippen LogP contribution in [0.25, 0.3) is 6.08 Å². The molecule has 0 aliphatic rings. The van der Waals surface area contributed by atoms with Gasteiger partial charge in [0.2, 0.25) is 6.08 Å². The number of carbonyl (C=O) groups is 1. The first kappa shape index (κ1) is 13.9. The molecule has 0 saturated heterocycles. The Morgan fingerprint density at radius 3 is 2.83 bits per heavy atom. The van der Waals surface area contributed by atoms with Crippen molar-refractivity contribution in [2.75, 3.05) is 13.2 Å². The number of esters is 1. The van der Waals surface area contributed by atoms with Gasteiger partial charge in [-0.2, -0.15) is 0 Å². The molecular formula is C14H15NO3. The van der Waals surface area contributed by atoms with E-state index in [1.165, 1.54) is 6.08 Å². The highest BCUT2D eigenvalue weighted by Gasteiger charge is 2.00. The molecule has 0 aromatic heterocycles. The summed E-state index contributed by atoms with van der Waals surface area (Å²) in [5, 5.41) is 0. The third-order valence-electron chi connectivity index (χ3n) is 2.17. The van der Waals surface area contributed by atoms with E-state index in [-0.39, 0.29) is 19.0 Å². The van der Waals surface area contributed by atoms with Crippen LogP contribution in [-0.2, 0) is 14.3 Å². The quantitative estimate of drug-likeness (QED) is 0.321. The molecular weight excluding hydrogens is 230 g/mol. The first-order valence-corrected chi connectivity index (χ1v) is 5.74. The summed E-state index contributed by atoms with van der Waals surface area (Å²) in [4.78, 5) is 24.4. The van der Waals surface area contributed by atoms with Crippen molar-refractivity contribution in [3.8, 4) is 0 Å². The molecule has 0 unspecified atom stereocenters. The molecule has 0 spiro atoms. The molecule has 0 amide bonds. The molecule has 1 aromatic rings. The second-order valence-corrected chi connectivity index (χ2v) is 3.57. The normalized spacial score (nSPS) is 10.0. The average Bonchev–Trinajstić information content (AvgIpc) is 2.41. The number of benzene rings is 1. The van der Waals surface area contributed by atoms with Gasteiger partial charge in [0, 0.05) is 6.42 Å². The highest BCUT2D eigenvalue weighted by molar-refractivity contribution is 5.69. The zero-order valence-corrected chi connectivity index (χ0v) is 10.0. The van der Waals surface area contributed by atoms with E-state index in [0.717, 1.165) is 5.56 Å². The molecule has 1 aromatic carbocycles. The molecule has 4 heteroatoms. The number of ether oxygens (including phenoxy) is 1. The Balaban J connectivity index is 2.15. The lowest BCUT2D eigenvalue weighted by Crippen LogP contribution is -2.04. The van der Waals surface area contributed by atoms with Crippen LogP contribution in [0.5, 0.6) is 0 Å². The monoisotopic (exact) mass is 245 g/mol. The van der Waals surface area contributed by atoms with Crippen molar-refractivity contribution in [1.82, 2.24) is 0 Å². The first-order chi connectivity index (χ1) is 8.83. The van der Waals surface area contributed by atoms with Crippen LogP contribution in [0.15, 0.2) is 41.4 Å². The van der Waals surface area contributed by atoms with Gasteiger partial charge in [-0.3, -0.25) is 4.79 Å². The summed E-state index contributed by atoms with van der Waals surface area (Å²) < 4.78 is 4.98. The lowest BCUT2D eigenvalue weighted by molar-refractivity contribution is -0.142. The van der Waals surface area contributed by atoms with Gasteiger partial charge in [0.05, 0.1) is 6.54 Å². The van der Waals surface area contributed by atoms with Gasteiger partial charge in [0.1, 0.15) is 6.61 Å². The Hall–Kier alpha value is -2.19. The fourth-order valence-corrected chi connectivity index (χ4v) is 1.31. The SMILES string of the molecule is O=C=NCCCC(=O)OC/C=C/c1ccccc1. The largest absolute Gasteiger partial charge is 0.461 e. The second-order valence-electron chi connectivity index (χ2n) is 3.57. The van der Waals surface area contributed by atoms with Gasteiger partial charge < -0.3 is 4.74 Å². The van der Waals surface area contributed by atoms with E-state index in [1.807, 2.05) is 36.4 Å². The topological polar surface area (TPSA) is 55.7 Å². The van der Waals surface area contributed by atoms with Crippen LogP contribution in [0.4, 0.5) is 0 Å². The highest BCUT2D eigenvalue weighted by atomic mass is 16.5. The zero-order chi connectivity index (χ0) is 13.1. The number of hydrogen-bond donors (Lipinski definition) is 0. The number of aliphatic imine (C=N–C) groups is 1. The molecule has 0 bridgehead atoms. The van der Waals surface area contributed by atoms with Crippen LogP contribution in [0, 0.1) is 0 Å². The van der Waals surface area contributed by atoms with Crippen LogP contribution < -0.4 is 0 Å². The fourth-order valence-electron chi connectivity index (χ4n) is 1.31. The minimum absolute atomic E-state index is 0.255. The van der Waals surface area contributed by atoms with Gasteiger partial charge in [-0.1, -0.05) is 36.4 Å². The maximum absolute atomic E-state index is 11.2. The minimum Gasteiger partial charge on any atom is -0.461 e. The molecule has 0 N–H and O–H groups in total. The van der Waals surface area contributed by atoms with Gasteiger partial charge in [-0.15, -0.1) is 0 Å². The van der Waals surface area contributed by atoms with Crippen LogP contribution >= 0.6 is 0 Å². The van der Waals surface area contributed by atoms with Gasteiger partial charge in [0.15, 0.2) is 0 Å². The van der Waals surface area contributed by atoms with E-state index in [0.29, 0.717) is 13.0 Å². The van der Waals surface area contributed by atoms with Gasteiger partial charge in [-0.05, 0) is 18.1 Å². The molecule has 0 radical (unpaired) electrons. The van der Waals surface area contributed by atoms with Crippen molar-refractivity contribution in [2.24, 2.45) is 4.99 Å². The summed E-state index contributed by atoms with van der Waals surface area (Å²) in [6.45, 7) is 0.573. The summed E-state index contributed by atoms with van der Waals surface area (Å²) in [7, 11) is 0. The lowest BCUT2D eigenvalue weighted by Gasteiger charge is -2.00. The molecule has 0 heterocycles. The van der Waals surface area contributed by atoms with E-state index in [2.05, 4.69) is 4.99 Å². The van der Waals surface area contributed by atoms with Crippen molar-refractivity contribution < 1.29 is 14.3 Å². The summed E-state index contributed by atoms with van der Waals surface area (Å²) in [5.41, 5.74) is 1.06. The Labute approximate surface area is 106 Å². The molecule has 0 saturated carbocycles. The number of hydrogen-bond acceptors (Lipinski definition) is 4. The standard InChI is InChI=1S/C14H15NO3/c16-12-15-10-4-9-14(17)18-11-5-8-13-6-2-1-3-7-13/h1-3,5-8H,4,9-11H2/b8-5+. The maximum Gasteiger partial charge on any atom is 0.306 e. The number of carbonyl (C=O) groups excluding carboxylic acids is 2. The molecule has 94 valence electrons. The molecule has 4 nitrogen and oxygen atoms in total. The first-order valence-electron chi connectivity index (χ1n) is 5.74. The van der Waals surface area contributed by atoms with Crippen molar-refractivity contribution in [3.05, 3.63) is 42.0 Å². The van der Waals surface area contributed by atoms with E-state index >= 15 is 0 Å². The number of isocyanates is 1. The highest BCUT2D eigenvalue weighted by Crippen LogP contribution is 2.01. The number of rotatable bonds is 7. The van der Waals surface area contributed by atoms with Gasteiger partial charge >= 0.3 is 5.97 Å². The van der Waals surface area contributed by atoms with Gasteiger partial charge in [0.25, 0.3) is 0 Å². The Morgan fingerprint density at radius 1 is 1.33 bits per heavy atom. The summed E-state index contributed by atoms with van der Waals surface area (Å²) in [6.07, 6.45) is 5.88. The van der Waals surface area contributed by atoms with E-state index in [4.69, 9.17) is 4.74 Å². The van der Waals surface area contributed by atoms with E-state index < -0.39 is 0 Å². The predicted molar refractivity (Wildman–Crippen MR) is 68.7 cm³/mol. The molecule has 0 aliphatic heterocycles. The van der Waals surface area contributed by atoms with Crippen LogP contribution in [0.3, 0.4) is 0 Å². The number of nitrogens with zero attached hydrogens (tertiary/aromatic N) is 1. The lowest BCUT2D eigenvalue weighted by atomic mass is 10.2. The predicted octanol–water partition coefficient (Wildman–Crippen LogP) is 2.36. The van der Waals surface area contributed by atoms with Gasteiger partial charge in [-0.25, -0.2) is 9.79 Å². The summed E-state index contributed by atoms with van der Waals surface area (Å²) in [6, 6.07) is 9.77. The molecule has 0 aliphatic carbocycles. The molecule has 0 atom stereocenters. The third kappa shape index (κ3) is 6.40. The van der Waals surface area contributed by atoms with Crippen molar-refractivity contribution in [1.29, 1.82) is 0 Å². The van der Waals surface area contributed by atoms with Crippen LogP contribution in [0.2, 0.25) is 0 Å². The van der Waals surface area contributed by atoms with Crippen molar-refractivity contribution in [3.63, 3.8) is 0 Å². The van der Waals surface area contributed by atoms with Crippen molar-refractivity contribution in [2.45, 2.75) is 12.8 Å².